The van der Waals surface area contributed by atoms with Crippen LogP contribution in [0.1, 0.15) is 78.6 Å². The van der Waals surface area contributed by atoms with Crippen LogP contribution in [-0.2, 0) is 0 Å². The molecular formula is C20H37NSn. The Hall–Kier alpha value is -0.0513. The van der Waals surface area contributed by atoms with E-state index in [-0.39, 0.29) is 0 Å². The second kappa shape index (κ2) is 12.4. The van der Waals surface area contributed by atoms with Gasteiger partial charge in [0.2, 0.25) is 0 Å². The molecule has 1 rings (SSSR count). The zero-order chi connectivity index (χ0) is 16.1. The van der Waals surface area contributed by atoms with E-state index in [1.54, 1.807) is 3.71 Å². The molecule has 0 aliphatic carbocycles. The number of hydrogen-bond acceptors (Lipinski definition) is 1. The first-order valence-electron chi connectivity index (χ1n) is 9.70. The molecule has 0 aromatic carbocycles. The summed E-state index contributed by atoms with van der Waals surface area (Å²) in [5.74, 6) is 0. The van der Waals surface area contributed by atoms with Gasteiger partial charge in [0, 0.05) is 0 Å². The van der Waals surface area contributed by atoms with E-state index in [4.69, 9.17) is 4.98 Å². The summed E-state index contributed by atoms with van der Waals surface area (Å²) in [7, 11) is 0. The van der Waals surface area contributed by atoms with E-state index in [0.29, 0.717) is 0 Å². The van der Waals surface area contributed by atoms with Gasteiger partial charge in [-0.05, 0) is 0 Å². The first kappa shape index (κ1) is 20.0. The van der Waals surface area contributed by atoms with Crippen LogP contribution >= 0.6 is 0 Å². The number of aromatic nitrogens is 1. The van der Waals surface area contributed by atoms with E-state index in [0.717, 1.165) is 0 Å². The van der Waals surface area contributed by atoms with Gasteiger partial charge in [0.05, 0.1) is 0 Å². The van der Waals surface area contributed by atoms with Gasteiger partial charge in [0.15, 0.2) is 0 Å². The van der Waals surface area contributed by atoms with Gasteiger partial charge in [-0.2, -0.15) is 0 Å². The molecule has 1 heterocycles. The van der Waals surface area contributed by atoms with Crippen LogP contribution < -0.4 is 3.71 Å². The van der Waals surface area contributed by atoms with Crippen molar-refractivity contribution < 1.29 is 0 Å². The Morgan fingerprint density at radius 3 is 1.59 bits per heavy atom. The van der Waals surface area contributed by atoms with Crippen molar-refractivity contribution in [2.24, 2.45) is 0 Å². The van der Waals surface area contributed by atoms with Crippen molar-refractivity contribution in [2.45, 2.75) is 91.9 Å². The van der Waals surface area contributed by atoms with Gasteiger partial charge in [-0.3, -0.25) is 0 Å². The fourth-order valence-electron chi connectivity index (χ4n) is 3.58. The fraction of sp³-hybridized carbons (Fsp3) is 0.750. The molecule has 0 atom stereocenters. The molecule has 0 spiro atoms. The third-order valence-electron chi connectivity index (χ3n) is 4.98. The molecule has 22 heavy (non-hydrogen) atoms. The summed E-state index contributed by atoms with van der Waals surface area (Å²) in [6.45, 7) is 6.98. The standard InChI is InChI=1S/C5H4N.3C5H11.Sn/c1-2-4-6-5-3-1;3*1-3-5-4-2;/h1-4H;3*1,3-5H2,2H3;. The van der Waals surface area contributed by atoms with E-state index < -0.39 is 18.4 Å². The molecule has 0 unspecified atom stereocenters. The first-order valence-corrected chi connectivity index (χ1v) is 17.2. The van der Waals surface area contributed by atoms with E-state index in [2.05, 4.69) is 39.0 Å². The second-order valence-corrected chi connectivity index (χ2v) is 19.9. The van der Waals surface area contributed by atoms with Gasteiger partial charge in [-0.25, -0.2) is 0 Å². The average Bonchev–Trinajstić information content (AvgIpc) is 2.56. The van der Waals surface area contributed by atoms with Gasteiger partial charge in [-0.15, -0.1) is 0 Å². The van der Waals surface area contributed by atoms with Gasteiger partial charge in [0.25, 0.3) is 0 Å². The molecule has 0 radical (unpaired) electrons. The average molecular weight is 410 g/mol. The minimum atomic E-state index is -2.28. The Morgan fingerprint density at radius 2 is 1.23 bits per heavy atom. The van der Waals surface area contributed by atoms with Gasteiger partial charge in [0.1, 0.15) is 0 Å². The van der Waals surface area contributed by atoms with Crippen LogP contribution in [0.5, 0.6) is 0 Å². The molecule has 0 saturated heterocycles. The maximum absolute atomic E-state index is 4.88. The third-order valence-corrected chi connectivity index (χ3v) is 20.2. The zero-order valence-corrected chi connectivity index (χ0v) is 18.1. The van der Waals surface area contributed by atoms with Crippen molar-refractivity contribution in [2.75, 3.05) is 0 Å². The summed E-state index contributed by atoms with van der Waals surface area (Å²) < 4.78 is 6.17. The van der Waals surface area contributed by atoms with Crippen LogP contribution in [0.3, 0.4) is 0 Å². The fourth-order valence-corrected chi connectivity index (χ4v) is 18.1. The van der Waals surface area contributed by atoms with Gasteiger partial charge < -0.3 is 0 Å². The molecule has 0 aliphatic rings. The minimum absolute atomic E-state index is 1.34. The van der Waals surface area contributed by atoms with Crippen LogP contribution in [0.4, 0.5) is 0 Å². The molecule has 0 aliphatic heterocycles. The molecule has 1 nitrogen and oxygen atoms in total. The molecule has 0 fully saturated rings. The maximum atomic E-state index is 4.88. The molecule has 0 amide bonds. The summed E-state index contributed by atoms with van der Waals surface area (Å²) in [6, 6.07) is 6.69. The van der Waals surface area contributed by atoms with Crippen molar-refractivity contribution in [3.63, 3.8) is 0 Å². The quantitative estimate of drug-likeness (QED) is 0.274. The molecule has 1 aromatic heterocycles. The van der Waals surface area contributed by atoms with Gasteiger partial charge in [-0.1, -0.05) is 0 Å². The van der Waals surface area contributed by atoms with Crippen LogP contribution in [-0.4, -0.2) is 23.4 Å². The number of nitrogens with zero attached hydrogens (tertiary/aromatic N) is 1. The predicted molar refractivity (Wildman–Crippen MR) is 103 cm³/mol. The molecule has 126 valence electrons. The topological polar surface area (TPSA) is 12.9 Å². The third kappa shape index (κ3) is 7.02. The summed E-state index contributed by atoms with van der Waals surface area (Å²) in [5, 5.41) is 0. The summed E-state index contributed by atoms with van der Waals surface area (Å²) in [4.78, 5) is 4.88. The van der Waals surface area contributed by atoms with Crippen molar-refractivity contribution in [1.29, 1.82) is 0 Å². The van der Waals surface area contributed by atoms with E-state index in [1.807, 2.05) is 6.20 Å². The summed E-state index contributed by atoms with van der Waals surface area (Å²) in [6.07, 6.45) is 14.6. The number of rotatable bonds is 13. The van der Waals surface area contributed by atoms with Crippen molar-refractivity contribution >= 4 is 22.1 Å². The Kier molecular flexibility index (Phi) is 11.3. The molecular weight excluding hydrogens is 373 g/mol. The SMILES string of the molecule is CCCC[CH2][Sn]([CH2]CCCC)([CH2]CCCC)[c]1ccccn1. The van der Waals surface area contributed by atoms with Crippen LogP contribution in [0.25, 0.3) is 0 Å². The molecule has 2 heteroatoms. The van der Waals surface area contributed by atoms with E-state index in [1.165, 1.54) is 71.1 Å². The predicted octanol–water partition coefficient (Wildman–Crippen LogP) is 6.31. The Labute approximate surface area is 143 Å². The Bertz CT molecular complexity index is 337. The normalized spacial score (nSPS) is 11.8. The molecule has 0 bridgehead atoms. The van der Waals surface area contributed by atoms with Crippen LogP contribution in [0.15, 0.2) is 24.4 Å². The van der Waals surface area contributed by atoms with Gasteiger partial charge >= 0.3 is 143 Å². The van der Waals surface area contributed by atoms with Crippen LogP contribution in [0.2, 0.25) is 13.3 Å². The molecule has 0 N–H and O–H groups in total. The van der Waals surface area contributed by atoms with Crippen molar-refractivity contribution in [1.82, 2.24) is 4.98 Å². The Balaban J connectivity index is 2.88. The monoisotopic (exact) mass is 411 g/mol. The summed E-state index contributed by atoms with van der Waals surface area (Å²) in [5.41, 5.74) is 0. The number of pyridine rings is 1. The van der Waals surface area contributed by atoms with Crippen molar-refractivity contribution in [3.05, 3.63) is 24.4 Å². The van der Waals surface area contributed by atoms with Crippen molar-refractivity contribution in [3.8, 4) is 0 Å². The second-order valence-electron chi connectivity index (χ2n) is 6.87. The molecule has 1 aromatic rings. The number of hydrogen-bond donors (Lipinski definition) is 0. The first-order chi connectivity index (χ1) is 10.8. The van der Waals surface area contributed by atoms with Crippen LogP contribution in [0, 0.1) is 0 Å². The van der Waals surface area contributed by atoms with E-state index >= 15 is 0 Å². The zero-order valence-electron chi connectivity index (χ0n) is 15.2. The molecule has 0 saturated carbocycles. The summed E-state index contributed by atoms with van der Waals surface area (Å²) >= 11 is -2.28. The van der Waals surface area contributed by atoms with E-state index in [9.17, 15) is 0 Å². The number of unbranched alkanes of at least 4 members (excludes halogenated alkanes) is 6. The Morgan fingerprint density at radius 1 is 0.727 bits per heavy atom.